The van der Waals surface area contributed by atoms with Gasteiger partial charge in [0.15, 0.2) is 0 Å². The van der Waals surface area contributed by atoms with Crippen molar-refractivity contribution in [2.24, 2.45) is 18.4 Å². The molecule has 0 radical (unpaired) electrons. The molecule has 0 spiro atoms. The first-order chi connectivity index (χ1) is 9.12. The van der Waals surface area contributed by atoms with Gasteiger partial charge in [0.05, 0.1) is 17.7 Å². The van der Waals surface area contributed by atoms with Gasteiger partial charge in [0.2, 0.25) is 5.91 Å². The number of amides is 1. The van der Waals surface area contributed by atoms with Crippen LogP contribution in [0.4, 0.5) is 5.82 Å². The van der Waals surface area contributed by atoms with Gasteiger partial charge in [0, 0.05) is 38.7 Å². The van der Waals surface area contributed by atoms with Gasteiger partial charge in [-0.05, 0) is 13.3 Å². The van der Waals surface area contributed by atoms with Crippen LogP contribution in [0.2, 0.25) is 0 Å². The van der Waals surface area contributed by atoms with Gasteiger partial charge in [-0.3, -0.25) is 9.48 Å². The summed E-state index contributed by atoms with van der Waals surface area (Å²) in [5.41, 5.74) is 0.583. The fourth-order valence-electron chi connectivity index (χ4n) is 3.15. The van der Waals surface area contributed by atoms with E-state index < -0.39 is 0 Å². The zero-order valence-corrected chi connectivity index (χ0v) is 11.4. The first-order valence-electron chi connectivity index (χ1n) is 6.72. The van der Waals surface area contributed by atoms with Crippen molar-refractivity contribution < 1.29 is 9.53 Å². The molecular formula is C13H20N4O2. The maximum Gasteiger partial charge on any atom is 0.233 e. The highest BCUT2D eigenvalue weighted by Gasteiger charge is 2.50. The molecule has 2 atom stereocenters. The summed E-state index contributed by atoms with van der Waals surface area (Å²) in [5, 5.41) is 10.6. The quantitative estimate of drug-likeness (QED) is 0.806. The predicted molar refractivity (Wildman–Crippen MR) is 70.8 cm³/mol. The maximum atomic E-state index is 12.7. The number of hydrogen-bond acceptors (Lipinski definition) is 4. The molecule has 3 heterocycles. The number of carbonyl (C=O) groups is 1. The van der Waals surface area contributed by atoms with Crippen molar-refractivity contribution in [2.75, 3.05) is 31.6 Å². The van der Waals surface area contributed by atoms with E-state index in [4.69, 9.17) is 4.74 Å². The van der Waals surface area contributed by atoms with E-state index in [1.165, 1.54) is 0 Å². The number of fused-ring (bicyclic) bond motifs is 1. The Morgan fingerprint density at radius 2 is 2.53 bits per heavy atom. The van der Waals surface area contributed by atoms with Crippen molar-refractivity contribution in [1.29, 1.82) is 0 Å². The SMILES string of the molecule is Cc1cc(NC(=O)[C@@]23CCOC[C@@H]2CNC3)n(C)n1. The molecule has 6 nitrogen and oxygen atoms in total. The number of aromatic nitrogens is 2. The standard InChI is InChI=1S/C13H20N4O2/c1-9-5-11(17(2)16-9)15-12(18)13-3-4-19-7-10(13)6-14-8-13/h5,10,14H,3-4,6-8H2,1-2H3,(H,15,18)/t10-,13+/m0/s1. The number of rotatable bonds is 2. The number of anilines is 1. The van der Waals surface area contributed by atoms with Gasteiger partial charge in [-0.15, -0.1) is 0 Å². The largest absolute Gasteiger partial charge is 0.381 e. The van der Waals surface area contributed by atoms with E-state index in [1.54, 1.807) is 4.68 Å². The maximum absolute atomic E-state index is 12.7. The molecule has 6 heteroatoms. The molecule has 3 rings (SSSR count). The van der Waals surface area contributed by atoms with E-state index in [9.17, 15) is 4.79 Å². The van der Waals surface area contributed by atoms with Gasteiger partial charge in [-0.1, -0.05) is 0 Å². The molecular weight excluding hydrogens is 244 g/mol. The molecule has 2 aliphatic rings. The number of carbonyl (C=O) groups excluding carboxylic acids is 1. The Bertz CT molecular complexity index is 499. The van der Waals surface area contributed by atoms with Crippen LogP contribution in [0.25, 0.3) is 0 Å². The minimum Gasteiger partial charge on any atom is -0.381 e. The van der Waals surface area contributed by atoms with E-state index in [2.05, 4.69) is 15.7 Å². The third kappa shape index (κ3) is 2.04. The Morgan fingerprint density at radius 3 is 3.26 bits per heavy atom. The number of ether oxygens (including phenoxy) is 1. The van der Waals surface area contributed by atoms with Crippen LogP contribution in [0.3, 0.4) is 0 Å². The van der Waals surface area contributed by atoms with Crippen molar-refractivity contribution in [2.45, 2.75) is 13.3 Å². The first kappa shape index (κ1) is 12.6. The average molecular weight is 264 g/mol. The molecule has 2 saturated heterocycles. The third-order valence-corrected chi connectivity index (χ3v) is 4.32. The summed E-state index contributed by atoms with van der Waals surface area (Å²) in [4.78, 5) is 12.7. The number of aryl methyl sites for hydroxylation is 2. The van der Waals surface area contributed by atoms with Crippen molar-refractivity contribution in [3.05, 3.63) is 11.8 Å². The van der Waals surface area contributed by atoms with Gasteiger partial charge in [0.25, 0.3) is 0 Å². The number of hydrogen-bond donors (Lipinski definition) is 2. The third-order valence-electron chi connectivity index (χ3n) is 4.32. The fourth-order valence-corrected chi connectivity index (χ4v) is 3.15. The lowest BCUT2D eigenvalue weighted by Gasteiger charge is -2.36. The van der Waals surface area contributed by atoms with Crippen LogP contribution in [0.5, 0.6) is 0 Å². The van der Waals surface area contributed by atoms with Crippen molar-refractivity contribution in [3.8, 4) is 0 Å². The van der Waals surface area contributed by atoms with Gasteiger partial charge in [0.1, 0.15) is 5.82 Å². The average Bonchev–Trinajstić information content (AvgIpc) is 2.94. The van der Waals surface area contributed by atoms with Crippen molar-refractivity contribution in [3.63, 3.8) is 0 Å². The molecule has 1 aromatic rings. The first-order valence-corrected chi connectivity index (χ1v) is 6.72. The lowest BCUT2D eigenvalue weighted by molar-refractivity contribution is -0.133. The summed E-state index contributed by atoms with van der Waals surface area (Å²) in [5.74, 6) is 1.12. The molecule has 2 N–H and O–H groups in total. The molecule has 0 unspecified atom stereocenters. The summed E-state index contributed by atoms with van der Waals surface area (Å²) < 4.78 is 7.21. The highest BCUT2D eigenvalue weighted by Crippen LogP contribution is 2.39. The normalized spacial score (nSPS) is 30.1. The Labute approximate surface area is 112 Å². The van der Waals surface area contributed by atoms with E-state index in [1.807, 2.05) is 20.0 Å². The monoisotopic (exact) mass is 264 g/mol. The van der Waals surface area contributed by atoms with Crippen LogP contribution < -0.4 is 10.6 Å². The Kier molecular flexibility index (Phi) is 3.06. The molecule has 1 aromatic heterocycles. The second-order valence-corrected chi connectivity index (χ2v) is 5.56. The number of nitrogens with one attached hydrogen (secondary N) is 2. The lowest BCUT2D eigenvalue weighted by Crippen LogP contribution is -2.47. The second-order valence-electron chi connectivity index (χ2n) is 5.56. The van der Waals surface area contributed by atoms with E-state index in [0.717, 1.165) is 31.0 Å². The number of nitrogens with zero attached hydrogens (tertiary/aromatic N) is 2. The lowest BCUT2D eigenvalue weighted by atomic mass is 9.73. The minimum absolute atomic E-state index is 0.0915. The Balaban J connectivity index is 1.81. The van der Waals surface area contributed by atoms with Crippen LogP contribution in [0.15, 0.2) is 6.07 Å². The van der Waals surface area contributed by atoms with E-state index >= 15 is 0 Å². The van der Waals surface area contributed by atoms with Crippen molar-refractivity contribution in [1.82, 2.24) is 15.1 Å². The molecule has 0 aliphatic carbocycles. The summed E-state index contributed by atoms with van der Waals surface area (Å²) in [7, 11) is 1.84. The molecule has 2 fully saturated rings. The molecule has 104 valence electrons. The molecule has 2 aliphatic heterocycles. The summed E-state index contributed by atoms with van der Waals surface area (Å²) >= 11 is 0. The molecule has 0 saturated carbocycles. The van der Waals surface area contributed by atoms with Gasteiger partial charge in [-0.25, -0.2) is 0 Å². The van der Waals surface area contributed by atoms with Gasteiger partial charge >= 0.3 is 0 Å². The van der Waals surface area contributed by atoms with Crippen LogP contribution in [0.1, 0.15) is 12.1 Å². The molecule has 1 amide bonds. The smallest absolute Gasteiger partial charge is 0.233 e. The molecule has 0 bridgehead atoms. The van der Waals surface area contributed by atoms with Gasteiger partial charge in [-0.2, -0.15) is 5.10 Å². The summed E-state index contributed by atoms with van der Waals surface area (Å²) in [6, 6.07) is 1.89. The highest BCUT2D eigenvalue weighted by molar-refractivity contribution is 5.95. The topological polar surface area (TPSA) is 68.2 Å². The molecule has 19 heavy (non-hydrogen) atoms. The van der Waals surface area contributed by atoms with Crippen LogP contribution in [0, 0.1) is 18.3 Å². The minimum atomic E-state index is -0.323. The second kappa shape index (κ2) is 4.61. The Morgan fingerprint density at radius 1 is 1.68 bits per heavy atom. The van der Waals surface area contributed by atoms with Gasteiger partial charge < -0.3 is 15.4 Å². The van der Waals surface area contributed by atoms with Crippen LogP contribution in [-0.2, 0) is 16.6 Å². The van der Waals surface area contributed by atoms with Crippen LogP contribution in [-0.4, -0.2) is 42.0 Å². The molecule has 0 aromatic carbocycles. The highest BCUT2D eigenvalue weighted by atomic mass is 16.5. The summed E-state index contributed by atoms with van der Waals surface area (Å²) in [6.45, 7) is 4.85. The fraction of sp³-hybridized carbons (Fsp3) is 0.692. The van der Waals surface area contributed by atoms with Crippen molar-refractivity contribution >= 4 is 11.7 Å². The summed E-state index contributed by atoms with van der Waals surface area (Å²) in [6.07, 6.45) is 0.785. The zero-order valence-electron chi connectivity index (χ0n) is 11.4. The van der Waals surface area contributed by atoms with E-state index in [0.29, 0.717) is 13.2 Å². The van der Waals surface area contributed by atoms with Crippen LogP contribution >= 0.6 is 0 Å². The predicted octanol–water partition coefficient (Wildman–Crippen LogP) is 0.293. The Hall–Kier alpha value is -1.40. The zero-order chi connectivity index (χ0) is 13.5. The van der Waals surface area contributed by atoms with E-state index in [-0.39, 0.29) is 17.2 Å².